The number of benzene rings is 1. The zero-order valence-corrected chi connectivity index (χ0v) is 13.2. The van der Waals surface area contributed by atoms with Gasteiger partial charge in [-0.1, -0.05) is 44.2 Å². The second-order valence-electron chi connectivity index (χ2n) is 5.80. The second kappa shape index (κ2) is 7.11. The number of carbonyl (C=O) groups is 2. The van der Waals surface area contributed by atoms with Gasteiger partial charge in [0.15, 0.2) is 0 Å². The van der Waals surface area contributed by atoms with Crippen LogP contribution in [0.3, 0.4) is 0 Å². The summed E-state index contributed by atoms with van der Waals surface area (Å²) in [5, 5.41) is 5.42. The smallest absolute Gasteiger partial charge is 0.338 e. The standard InChI is InChI=1S/C17H22N2O3/c1-11(2)9-10-22-16(20)14-12(3)18-17(21)19-15(14)13-7-5-4-6-8-13/h4-8,11,15H,9-10H2,1-3H3,(H2,18,19,21)/t15-/m0/s1. The van der Waals surface area contributed by atoms with E-state index in [2.05, 4.69) is 24.5 Å². The van der Waals surface area contributed by atoms with Crippen molar-refractivity contribution in [2.45, 2.75) is 33.2 Å². The first-order valence-electron chi connectivity index (χ1n) is 7.49. The molecule has 2 amide bonds. The van der Waals surface area contributed by atoms with Crippen LogP contribution >= 0.6 is 0 Å². The Morgan fingerprint density at radius 1 is 1.27 bits per heavy atom. The summed E-state index contributed by atoms with van der Waals surface area (Å²) >= 11 is 0. The van der Waals surface area contributed by atoms with E-state index in [1.54, 1.807) is 6.92 Å². The molecule has 1 atom stereocenters. The molecule has 2 rings (SSSR count). The van der Waals surface area contributed by atoms with Crippen molar-refractivity contribution >= 4 is 12.0 Å². The quantitative estimate of drug-likeness (QED) is 0.822. The molecule has 1 aromatic carbocycles. The number of esters is 1. The molecule has 22 heavy (non-hydrogen) atoms. The molecule has 1 heterocycles. The zero-order chi connectivity index (χ0) is 16.1. The minimum Gasteiger partial charge on any atom is -0.462 e. The van der Waals surface area contributed by atoms with Crippen LogP contribution in [0, 0.1) is 5.92 Å². The summed E-state index contributed by atoms with van der Waals surface area (Å²) in [5.41, 5.74) is 1.84. The maximum Gasteiger partial charge on any atom is 0.338 e. The molecule has 0 unspecified atom stereocenters. The van der Waals surface area contributed by atoms with Gasteiger partial charge in [0.05, 0.1) is 18.2 Å². The Morgan fingerprint density at radius 3 is 2.59 bits per heavy atom. The largest absolute Gasteiger partial charge is 0.462 e. The molecular weight excluding hydrogens is 280 g/mol. The average Bonchev–Trinajstić information content (AvgIpc) is 2.46. The molecule has 1 aliphatic rings. The van der Waals surface area contributed by atoms with Crippen LogP contribution in [0.25, 0.3) is 0 Å². The van der Waals surface area contributed by atoms with Gasteiger partial charge in [0.1, 0.15) is 0 Å². The highest BCUT2D eigenvalue weighted by Crippen LogP contribution is 2.27. The summed E-state index contributed by atoms with van der Waals surface area (Å²) < 4.78 is 5.36. The minimum atomic E-state index is -0.485. The van der Waals surface area contributed by atoms with Crippen molar-refractivity contribution in [3.63, 3.8) is 0 Å². The average molecular weight is 302 g/mol. The third-order valence-corrected chi connectivity index (χ3v) is 3.55. The number of carbonyl (C=O) groups excluding carboxylic acids is 2. The monoisotopic (exact) mass is 302 g/mol. The van der Waals surface area contributed by atoms with Gasteiger partial charge in [-0.05, 0) is 24.8 Å². The fourth-order valence-electron chi connectivity index (χ4n) is 2.32. The molecular formula is C17H22N2O3. The van der Waals surface area contributed by atoms with Crippen LogP contribution < -0.4 is 10.6 Å². The highest BCUT2D eigenvalue weighted by Gasteiger charge is 2.31. The number of rotatable bonds is 5. The van der Waals surface area contributed by atoms with E-state index in [0.29, 0.717) is 23.8 Å². The molecule has 118 valence electrons. The first-order chi connectivity index (χ1) is 10.5. The SMILES string of the molecule is CC1=C(C(=O)OCCC(C)C)[C@H](c2ccccc2)NC(=O)N1. The van der Waals surface area contributed by atoms with Gasteiger partial charge in [0.25, 0.3) is 0 Å². The molecule has 0 bridgehead atoms. The fraction of sp³-hybridized carbons (Fsp3) is 0.412. The lowest BCUT2D eigenvalue weighted by Crippen LogP contribution is -2.45. The predicted octanol–water partition coefficient (Wildman–Crippen LogP) is 2.90. The van der Waals surface area contributed by atoms with Gasteiger partial charge < -0.3 is 15.4 Å². The molecule has 0 spiro atoms. The van der Waals surface area contributed by atoms with E-state index in [1.165, 1.54) is 0 Å². The Balaban J connectivity index is 2.22. The predicted molar refractivity (Wildman–Crippen MR) is 84.0 cm³/mol. The Bertz CT molecular complexity index is 579. The van der Waals surface area contributed by atoms with Crippen LogP contribution in [0.5, 0.6) is 0 Å². The van der Waals surface area contributed by atoms with Gasteiger partial charge in [-0.3, -0.25) is 0 Å². The van der Waals surface area contributed by atoms with E-state index in [-0.39, 0.29) is 12.0 Å². The third kappa shape index (κ3) is 3.87. The van der Waals surface area contributed by atoms with Crippen LogP contribution in [-0.4, -0.2) is 18.6 Å². The van der Waals surface area contributed by atoms with Crippen LogP contribution in [0.15, 0.2) is 41.6 Å². The third-order valence-electron chi connectivity index (χ3n) is 3.55. The van der Waals surface area contributed by atoms with Crippen LogP contribution in [0.1, 0.15) is 38.8 Å². The number of urea groups is 1. The summed E-state index contributed by atoms with van der Waals surface area (Å²) in [4.78, 5) is 24.1. The van der Waals surface area contributed by atoms with Crippen molar-refractivity contribution in [1.29, 1.82) is 0 Å². The molecule has 1 aromatic rings. The van der Waals surface area contributed by atoms with Crippen molar-refractivity contribution in [1.82, 2.24) is 10.6 Å². The Hall–Kier alpha value is -2.30. The van der Waals surface area contributed by atoms with Crippen molar-refractivity contribution < 1.29 is 14.3 Å². The normalized spacial score (nSPS) is 18.0. The summed E-state index contributed by atoms with van der Waals surface area (Å²) in [6, 6.07) is 8.60. The zero-order valence-electron chi connectivity index (χ0n) is 13.2. The van der Waals surface area contributed by atoms with E-state index in [9.17, 15) is 9.59 Å². The summed E-state index contributed by atoms with van der Waals surface area (Å²) in [5.74, 6) is 0.0801. The van der Waals surface area contributed by atoms with Crippen molar-refractivity contribution in [3.05, 3.63) is 47.2 Å². The molecule has 0 fully saturated rings. The van der Waals surface area contributed by atoms with Crippen LogP contribution in [-0.2, 0) is 9.53 Å². The van der Waals surface area contributed by atoms with E-state index in [4.69, 9.17) is 4.74 Å². The van der Waals surface area contributed by atoms with Gasteiger partial charge in [0.2, 0.25) is 0 Å². The van der Waals surface area contributed by atoms with Gasteiger partial charge >= 0.3 is 12.0 Å². The molecule has 0 aliphatic carbocycles. The number of hydrogen-bond acceptors (Lipinski definition) is 3. The molecule has 0 radical (unpaired) electrons. The van der Waals surface area contributed by atoms with Crippen molar-refractivity contribution in [2.24, 2.45) is 5.92 Å². The number of allylic oxidation sites excluding steroid dienone is 1. The fourth-order valence-corrected chi connectivity index (χ4v) is 2.32. The lowest BCUT2D eigenvalue weighted by molar-refractivity contribution is -0.139. The van der Waals surface area contributed by atoms with E-state index in [0.717, 1.165) is 12.0 Å². The van der Waals surface area contributed by atoms with Gasteiger partial charge in [-0.15, -0.1) is 0 Å². The molecule has 2 N–H and O–H groups in total. The topological polar surface area (TPSA) is 67.4 Å². The van der Waals surface area contributed by atoms with Crippen molar-refractivity contribution in [2.75, 3.05) is 6.61 Å². The lowest BCUT2D eigenvalue weighted by atomic mass is 9.96. The summed E-state index contributed by atoms with van der Waals surface area (Å²) in [7, 11) is 0. The van der Waals surface area contributed by atoms with Gasteiger partial charge in [-0.25, -0.2) is 9.59 Å². The van der Waals surface area contributed by atoms with Crippen LogP contribution in [0.4, 0.5) is 4.79 Å². The number of hydrogen-bond donors (Lipinski definition) is 2. The minimum absolute atomic E-state index is 0.315. The van der Waals surface area contributed by atoms with Crippen LogP contribution in [0.2, 0.25) is 0 Å². The summed E-state index contributed by atoms with van der Waals surface area (Å²) in [6.45, 7) is 6.25. The van der Waals surface area contributed by atoms with E-state index < -0.39 is 6.04 Å². The van der Waals surface area contributed by atoms with E-state index in [1.807, 2.05) is 30.3 Å². The Kier molecular flexibility index (Phi) is 5.20. The number of nitrogens with one attached hydrogen (secondary N) is 2. The lowest BCUT2D eigenvalue weighted by Gasteiger charge is -2.28. The first kappa shape index (κ1) is 16.1. The number of ether oxygens (including phenoxy) is 1. The molecule has 0 saturated heterocycles. The maximum atomic E-state index is 12.4. The van der Waals surface area contributed by atoms with E-state index >= 15 is 0 Å². The Labute approximate surface area is 130 Å². The van der Waals surface area contributed by atoms with Gasteiger partial charge in [-0.2, -0.15) is 0 Å². The van der Waals surface area contributed by atoms with Crippen molar-refractivity contribution in [3.8, 4) is 0 Å². The number of amides is 2. The summed E-state index contributed by atoms with van der Waals surface area (Å²) in [6.07, 6.45) is 0.813. The molecule has 1 aliphatic heterocycles. The second-order valence-corrected chi connectivity index (χ2v) is 5.80. The molecule has 0 aromatic heterocycles. The first-order valence-corrected chi connectivity index (χ1v) is 7.49. The molecule has 5 heteroatoms. The maximum absolute atomic E-state index is 12.4. The molecule has 5 nitrogen and oxygen atoms in total. The highest BCUT2D eigenvalue weighted by molar-refractivity contribution is 5.95. The highest BCUT2D eigenvalue weighted by atomic mass is 16.5. The van der Waals surface area contributed by atoms with Gasteiger partial charge in [0, 0.05) is 5.70 Å². The Morgan fingerprint density at radius 2 is 1.95 bits per heavy atom. The molecule has 0 saturated carbocycles.